The number of rotatable bonds is 3. The minimum atomic E-state index is -1.01. The summed E-state index contributed by atoms with van der Waals surface area (Å²) in [6.07, 6.45) is 0. The fourth-order valence-electron chi connectivity index (χ4n) is 1.68. The van der Waals surface area contributed by atoms with Gasteiger partial charge in [-0.3, -0.25) is 0 Å². The summed E-state index contributed by atoms with van der Waals surface area (Å²) in [6, 6.07) is 10.9. The van der Waals surface area contributed by atoms with E-state index >= 15 is 0 Å². The zero-order chi connectivity index (χ0) is 13.1. The van der Waals surface area contributed by atoms with Gasteiger partial charge in [0.05, 0.1) is 12.7 Å². The predicted octanol–water partition coefficient (Wildman–Crippen LogP) is 3.20. The van der Waals surface area contributed by atoms with Crippen LogP contribution in [0.15, 0.2) is 42.5 Å². The summed E-state index contributed by atoms with van der Waals surface area (Å²) in [5.41, 5.74) is 1.43. The third-order valence-electron chi connectivity index (χ3n) is 2.59. The van der Waals surface area contributed by atoms with Gasteiger partial charge in [0.2, 0.25) is 0 Å². The lowest BCUT2D eigenvalue weighted by molar-refractivity contribution is 0.0697. The Morgan fingerprint density at radius 1 is 1.17 bits per heavy atom. The van der Waals surface area contributed by atoms with E-state index in [0.717, 1.165) is 0 Å². The van der Waals surface area contributed by atoms with Gasteiger partial charge in [0.25, 0.3) is 0 Å². The summed E-state index contributed by atoms with van der Waals surface area (Å²) >= 11 is 0. The number of aromatic carboxylic acids is 1. The molecule has 0 bridgehead atoms. The molecule has 0 aliphatic heterocycles. The third kappa shape index (κ3) is 2.32. The molecule has 2 aromatic rings. The Morgan fingerprint density at radius 2 is 1.89 bits per heavy atom. The molecule has 0 aromatic heterocycles. The van der Waals surface area contributed by atoms with Gasteiger partial charge in [0, 0.05) is 0 Å². The monoisotopic (exact) mass is 246 g/mol. The molecule has 0 aliphatic carbocycles. The average Bonchev–Trinajstić information content (AvgIpc) is 2.38. The number of hydrogen-bond acceptors (Lipinski definition) is 2. The number of carbonyl (C=O) groups is 1. The molecule has 0 saturated heterocycles. The standard InChI is InChI=1S/C14H11FO3/c1-18-13-6-5-10(8-12(13)15)9-3-2-4-11(7-9)14(16)17/h2-8H,1H3,(H,16,17). The van der Waals surface area contributed by atoms with E-state index < -0.39 is 11.8 Å². The van der Waals surface area contributed by atoms with Crippen LogP contribution in [0.5, 0.6) is 5.75 Å². The minimum absolute atomic E-state index is 0.160. The van der Waals surface area contributed by atoms with Crippen LogP contribution in [0.1, 0.15) is 10.4 Å². The summed E-state index contributed by atoms with van der Waals surface area (Å²) in [7, 11) is 1.39. The van der Waals surface area contributed by atoms with Crippen molar-refractivity contribution in [1.82, 2.24) is 0 Å². The van der Waals surface area contributed by atoms with Crippen molar-refractivity contribution in [3.8, 4) is 16.9 Å². The molecule has 0 aliphatic rings. The maximum Gasteiger partial charge on any atom is 0.335 e. The van der Waals surface area contributed by atoms with Crippen LogP contribution in [0, 0.1) is 5.82 Å². The summed E-state index contributed by atoms with van der Waals surface area (Å²) in [5.74, 6) is -1.32. The van der Waals surface area contributed by atoms with Crippen LogP contribution in [0.25, 0.3) is 11.1 Å². The Hall–Kier alpha value is -2.36. The molecule has 0 amide bonds. The number of hydrogen-bond donors (Lipinski definition) is 1. The predicted molar refractivity (Wildman–Crippen MR) is 65.3 cm³/mol. The molecule has 3 nitrogen and oxygen atoms in total. The first-order chi connectivity index (χ1) is 8.61. The maximum atomic E-state index is 13.6. The van der Waals surface area contributed by atoms with E-state index in [9.17, 15) is 9.18 Å². The summed E-state index contributed by atoms with van der Waals surface area (Å²) in [6.45, 7) is 0. The van der Waals surface area contributed by atoms with E-state index in [2.05, 4.69) is 0 Å². The largest absolute Gasteiger partial charge is 0.494 e. The maximum absolute atomic E-state index is 13.6. The number of carboxylic acid groups (broad SMARTS) is 1. The van der Waals surface area contributed by atoms with Crippen molar-refractivity contribution in [2.75, 3.05) is 7.11 Å². The quantitative estimate of drug-likeness (QED) is 0.904. The topological polar surface area (TPSA) is 46.5 Å². The zero-order valence-corrected chi connectivity index (χ0v) is 9.68. The molecule has 1 N–H and O–H groups in total. The first kappa shape index (κ1) is 12.1. The molecule has 0 unspecified atom stereocenters. The Kier molecular flexibility index (Phi) is 3.28. The molecule has 0 spiro atoms. The van der Waals surface area contributed by atoms with Crippen LogP contribution in [0.3, 0.4) is 0 Å². The third-order valence-corrected chi connectivity index (χ3v) is 2.59. The van der Waals surface area contributed by atoms with E-state index in [0.29, 0.717) is 11.1 Å². The molecule has 2 rings (SSSR count). The molecular weight excluding hydrogens is 235 g/mol. The van der Waals surface area contributed by atoms with Crippen molar-refractivity contribution in [2.45, 2.75) is 0 Å². The van der Waals surface area contributed by atoms with Crippen LogP contribution >= 0.6 is 0 Å². The first-order valence-corrected chi connectivity index (χ1v) is 5.29. The number of methoxy groups -OCH3 is 1. The fourth-order valence-corrected chi connectivity index (χ4v) is 1.68. The van der Waals surface area contributed by atoms with Gasteiger partial charge in [-0.25, -0.2) is 9.18 Å². The van der Waals surface area contributed by atoms with Gasteiger partial charge >= 0.3 is 5.97 Å². The van der Waals surface area contributed by atoms with Crippen molar-refractivity contribution >= 4 is 5.97 Å². The van der Waals surface area contributed by atoms with Crippen molar-refractivity contribution in [3.63, 3.8) is 0 Å². The van der Waals surface area contributed by atoms with E-state index in [1.54, 1.807) is 18.2 Å². The Labute approximate surface area is 103 Å². The van der Waals surface area contributed by atoms with Crippen LogP contribution in [-0.4, -0.2) is 18.2 Å². The smallest absolute Gasteiger partial charge is 0.335 e. The number of halogens is 1. The molecule has 18 heavy (non-hydrogen) atoms. The Balaban J connectivity index is 2.45. The second-order valence-electron chi connectivity index (χ2n) is 3.74. The van der Waals surface area contributed by atoms with Crippen molar-refractivity contribution < 1.29 is 19.0 Å². The van der Waals surface area contributed by atoms with E-state index in [4.69, 9.17) is 9.84 Å². The van der Waals surface area contributed by atoms with Crippen molar-refractivity contribution in [2.24, 2.45) is 0 Å². The molecular formula is C14H11FO3. The summed E-state index contributed by atoms with van der Waals surface area (Å²) in [4.78, 5) is 10.9. The lowest BCUT2D eigenvalue weighted by atomic mass is 10.0. The Bertz CT molecular complexity index is 593. The van der Waals surface area contributed by atoms with Gasteiger partial charge in [0.15, 0.2) is 11.6 Å². The van der Waals surface area contributed by atoms with E-state index in [1.807, 2.05) is 0 Å². The zero-order valence-electron chi connectivity index (χ0n) is 9.68. The van der Waals surface area contributed by atoms with Gasteiger partial charge in [-0.05, 0) is 35.4 Å². The molecule has 2 aromatic carbocycles. The molecule has 92 valence electrons. The molecule has 0 saturated carbocycles. The normalized spacial score (nSPS) is 10.1. The van der Waals surface area contributed by atoms with Crippen LogP contribution in [-0.2, 0) is 0 Å². The lowest BCUT2D eigenvalue weighted by Crippen LogP contribution is -1.96. The van der Waals surface area contributed by atoms with Gasteiger partial charge in [0.1, 0.15) is 0 Å². The minimum Gasteiger partial charge on any atom is -0.494 e. The van der Waals surface area contributed by atoms with Gasteiger partial charge in [-0.15, -0.1) is 0 Å². The van der Waals surface area contributed by atoms with Crippen molar-refractivity contribution in [1.29, 1.82) is 0 Å². The van der Waals surface area contributed by atoms with Crippen LogP contribution < -0.4 is 4.74 Å². The molecule has 4 heteroatoms. The molecule has 0 radical (unpaired) electrons. The highest BCUT2D eigenvalue weighted by Gasteiger charge is 2.07. The van der Waals surface area contributed by atoms with Gasteiger partial charge in [-0.1, -0.05) is 18.2 Å². The highest BCUT2D eigenvalue weighted by Crippen LogP contribution is 2.26. The molecule has 0 fully saturated rings. The second kappa shape index (κ2) is 4.87. The molecule has 0 heterocycles. The van der Waals surface area contributed by atoms with Gasteiger partial charge < -0.3 is 9.84 Å². The number of carboxylic acids is 1. The highest BCUT2D eigenvalue weighted by atomic mass is 19.1. The summed E-state index contributed by atoms with van der Waals surface area (Å²) < 4.78 is 18.4. The van der Waals surface area contributed by atoms with Crippen molar-refractivity contribution in [3.05, 3.63) is 53.8 Å². The highest BCUT2D eigenvalue weighted by molar-refractivity contribution is 5.89. The Morgan fingerprint density at radius 3 is 2.50 bits per heavy atom. The first-order valence-electron chi connectivity index (χ1n) is 5.29. The van der Waals surface area contributed by atoms with Crippen LogP contribution in [0.4, 0.5) is 4.39 Å². The van der Waals surface area contributed by atoms with Crippen LogP contribution in [0.2, 0.25) is 0 Å². The van der Waals surface area contributed by atoms with Gasteiger partial charge in [-0.2, -0.15) is 0 Å². The van der Waals surface area contributed by atoms with E-state index in [1.165, 1.54) is 31.4 Å². The molecule has 0 atom stereocenters. The average molecular weight is 246 g/mol. The fraction of sp³-hybridized carbons (Fsp3) is 0.0714. The second-order valence-corrected chi connectivity index (χ2v) is 3.74. The number of benzene rings is 2. The SMILES string of the molecule is COc1ccc(-c2cccc(C(=O)O)c2)cc1F. The van der Waals surface area contributed by atoms with E-state index in [-0.39, 0.29) is 11.3 Å². The number of ether oxygens (including phenoxy) is 1. The lowest BCUT2D eigenvalue weighted by Gasteiger charge is -2.06. The summed E-state index contributed by atoms with van der Waals surface area (Å²) in [5, 5.41) is 8.90.